The van der Waals surface area contributed by atoms with Crippen molar-refractivity contribution in [1.82, 2.24) is 5.32 Å². The lowest BCUT2D eigenvalue weighted by molar-refractivity contribution is 0.0948. The molecule has 1 atom stereocenters. The summed E-state index contributed by atoms with van der Waals surface area (Å²) in [6.45, 7) is 2.23. The summed E-state index contributed by atoms with van der Waals surface area (Å²) in [7, 11) is 0. The molecule has 4 heteroatoms. The molecule has 0 spiro atoms. The summed E-state index contributed by atoms with van der Waals surface area (Å²) in [5, 5.41) is 12.0. The van der Waals surface area contributed by atoms with E-state index in [0.717, 1.165) is 11.1 Å². The average Bonchev–Trinajstić information content (AvgIpc) is 2.54. The van der Waals surface area contributed by atoms with Gasteiger partial charge in [0.2, 0.25) is 0 Å². The molecule has 116 valence electrons. The lowest BCUT2D eigenvalue weighted by atomic mass is 9.96. The van der Waals surface area contributed by atoms with Gasteiger partial charge in [-0.1, -0.05) is 36.4 Å². The maximum atomic E-state index is 13.3. The Morgan fingerprint density at radius 3 is 2.64 bits per heavy atom. The van der Waals surface area contributed by atoms with Crippen LogP contribution < -0.4 is 5.32 Å². The zero-order valence-corrected chi connectivity index (χ0v) is 12.6. The molecule has 0 bridgehead atoms. The molecule has 1 unspecified atom stereocenters. The predicted octanol–water partition coefficient (Wildman–Crippen LogP) is 3.03. The van der Waals surface area contributed by atoms with Crippen molar-refractivity contribution in [2.24, 2.45) is 0 Å². The summed E-state index contributed by atoms with van der Waals surface area (Å²) in [6.07, 6.45) is 0.562. The van der Waals surface area contributed by atoms with Crippen molar-refractivity contribution in [1.29, 1.82) is 0 Å². The van der Waals surface area contributed by atoms with Crippen LogP contribution in [-0.2, 0) is 0 Å². The molecule has 0 aliphatic carbocycles. The van der Waals surface area contributed by atoms with Crippen LogP contribution in [0.1, 0.15) is 33.8 Å². The van der Waals surface area contributed by atoms with Crippen molar-refractivity contribution >= 4 is 5.91 Å². The second-order valence-corrected chi connectivity index (χ2v) is 5.29. The van der Waals surface area contributed by atoms with Gasteiger partial charge in [0.15, 0.2) is 0 Å². The quantitative estimate of drug-likeness (QED) is 0.861. The van der Waals surface area contributed by atoms with E-state index in [1.165, 1.54) is 12.1 Å². The molecule has 0 aliphatic rings. The standard InChI is InChI=1S/C18H20FNO2/c1-13-7-8-16(19)11-17(13)18(22)20-12-15(9-10-21)14-5-3-2-4-6-14/h2-8,11,15,21H,9-10,12H2,1H3,(H,20,22). The fourth-order valence-corrected chi connectivity index (χ4v) is 2.42. The highest BCUT2D eigenvalue weighted by Gasteiger charge is 2.15. The Bertz CT molecular complexity index is 628. The second kappa shape index (κ2) is 7.71. The third kappa shape index (κ3) is 4.15. The van der Waals surface area contributed by atoms with Crippen molar-refractivity contribution in [3.8, 4) is 0 Å². The fraction of sp³-hybridized carbons (Fsp3) is 0.278. The normalized spacial score (nSPS) is 12.0. The third-order valence-electron chi connectivity index (χ3n) is 3.70. The molecule has 2 aromatic rings. The van der Waals surface area contributed by atoms with Gasteiger partial charge in [-0.2, -0.15) is 0 Å². The molecule has 0 fully saturated rings. The second-order valence-electron chi connectivity index (χ2n) is 5.29. The van der Waals surface area contributed by atoms with Gasteiger partial charge >= 0.3 is 0 Å². The first-order valence-electron chi connectivity index (χ1n) is 7.32. The van der Waals surface area contributed by atoms with Crippen LogP contribution in [0.4, 0.5) is 4.39 Å². The van der Waals surface area contributed by atoms with Gasteiger partial charge in [0.25, 0.3) is 5.91 Å². The molecule has 0 aliphatic heterocycles. The Labute approximate surface area is 129 Å². The zero-order valence-electron chi connectivity index (χ0n) is 12.6. The van der Waals surface area contributed by atoms with Crippen molar-refractivity contribution in [3.05, 3.63) is 71.0 Å². The van der Waals surface area contributed by atoms with Crippen LogP contribution in [0.25, 0.3) is 0 Å². The summed E-state index contributed by atoms with van der Waals surface area (Å²) in [5.74, 6) is -0.689. The Morgan fingerprint density at radius 1 is 1.23 bits per heavy atom. The van der Waals surface area contributed by atoms with E-state index in [4.69, 9.17) is 0 Å². The van der Waals surface area contributed by atoms with Gasteiger partial charge in [0, 0.05) is 24.6 Å². The van der Waals surface area contributed by atoms with Crippen LogP contribution in [0, 0.1) is 12.7 Å². The molecule has 2 rings (SSSR count). The Hall–Kier alpha value is -2.20. The van der Waals surface area contributed by atoms with Gasteiger partial charge in [-0.05, 0) is 36.6 Å². The SMILES string of the molecule is Cc1ccc(F)cc1C(=O)NCC(CCO)c1ccccc1. The predicted molar refractivity (Wildman–Crippen MR) is 84.4 cm³/mol. The number of rotatable bonds is 6. The molecule has 3 nitrogen and oxygen atoms in total. The van der Waals surface area contributed by atoms with Gasteiger partial charge in [-0.25, -0.2) is 4.39 Å². The number of hydrogen-bond donors (Lipinski definition) is 2. The lowest BCUT2D eigenvalue weighted by Gasteiger charge is -2.17. The van der Waals surface area contributed by atoms with E-state index in [0.29, 0.717) is 18.5 Å². The molecule has 0 heterocycles. The average molecular weight is 301 g/mol. The number of nitrogens with one attached hydrogen (secondary N) is 1. The molecule has 0 saturated heterocycles. The minimum atomic E-state index is -0.425. The molecular weight excluding hydrogens is 281 g/mol. The van der Waals surface area contributed by atoms with E-state index < -0.39 is 5.82 Å². The van der Waals surface area contributed by atoms with Gasteiger partial charge < -0.3 is 10.4 Å². The van der Waals surface area contributed by atoms with Crippen molar-refractivity contribution in [2.45, 2.75) is 19.3 Å². The van der Waals surface area contributed by atoms with Crippen molar-refractivity contribution in [3.63, 3.8) is 0 Å². The van der Waals surface area contributed by atoms with E-state index in [1.54, 1.807) is 13.0 Å². The summed E-state index contributed by atoms with van der Waals surface area (Å²) >= 11 is 0. The smallest absolute Gasteiger partial charge is 0.251 e. The van der Waals surface area contributed by atoms with E-state index in [1.807, 2.05) is 30.3 Å². The van der Waals surface area contributed by atoms with Crippen molar-refractivity contribution in [2.75, 3.05) is 13.2 Å². The first kappa shape index (κ1) is 16.2. The minimum absolute atomic E-state index is 0.0315. The molecule has 0 saturated carbocycles. The zero-order chi connectivity index (χ0) is 15.9. The monoisotopic (exact) mass is 301 g/mol. The third-order valence-corrected chi connectivity index (χ3v) is 3.70. The largest absolute Gasteiger partial charge is 0.396 e. The summed E-state index contributed by atoms with van der Waals surface area (Å²) in [6, 6.07) is 13.9. The maximum absolute atomic E-state index is 13.3. The van der Waals surface area contributed by atoms with E-state index >= 15 is 0 Å². The molecule has 1 amide bonds. The number of carbonyl (C=O) groups is 1. The van der Waals surface area contributed by atoms with Gasteiger partial charge in [0.1, 0.15) is 5.82 Å². The molecule has 0 radical (unpaired) electrons. The van der Waals surface area contributed by atoms with Crippen LogP contribution in [0.5, 0.6) is 0 Å². The molecule has 2 N–H and O–H groups in total. The fourth-order valence-electron chi connectivity index (χ4n) is 2.42. The number of aliphatic hydroxyl groups is 1. The van der Waals surface area contributed by atoms with Crippen molar-refractivity contribution < 1.29 is 14.3 Å². The number of aryl methyl sites for hydroxylation is 1. The minimum Gasteiger partial charge on any atom is -0.396 e. The molecule has 0 aromatic heterocycles. The highest BCUT2D eigenvalue weighted by atomic mass is 19.1. The number of carbonyl (C=O) groups excluding carboxylic acids is 1. The lowest BCUT2D eigenvalue weighted by Crippen LogP contribution is -2.29. The molecule has 22 heavy (non-hydrogen) atoms. The summed E-state index contributed by atoms with van der Waals surface area (Å²) < 4.78 is 13.3. The van der Waals surface area contributed by atoms with E-state index in [2.05, 4.69) is 5.32 Å². The van der Waals surface area contributed by atoms with Gasteiger partial charge in [-0.15, -0.1) is 0 Å². The number of halogens is 1. The summed E-state index contributed by atoms with van der Waals surface area (Å²) in [5.41, 5.74) is 2.14. The van der Waals surface area contributed by atoms with Crippen LogP contribution in [0.3, 0.4) is 0 Å². The maximum Gasteiger partial charge on any atom is 0.251 e. The summed E-state index contributed by atoms with van der Waals surface area (Å²) in [4.78, 5) is 12.2. The highest BCUT2D eigenvalue weighted by Crippen LogP contribution is 2.18. The Morgan fingerprint density at radius 2 is 1.95 bits per heavy atom. The number of hydrogen-bond acceptors (Lipinski definition) is 2. The van der Waals surface area contributed by atoms with Gasteiger partial charge in [0.05, 0.1) is 0 Å². The number of aliphatic hydroxyl groups excluding tert-OH is 1. The number of benzene rings is 2. The van der Waals surface area contributed by atoms with E-state index in [-0.39, 0.29) is 18.4 Å². The van der Waals surface area contributed by atoms with Crippen LogP contribution in [0.15, 0.2) is 48.5 Å². The first-order chi connectivity index (χ1) is 10.6. The van der Waals surface area contributed by atoms with Gasteiger partial charge in [-0.3, -0.25) is 4.79 Å². The molecule has 2 aromatic carbocycles. The van der Waals surface area contributed by atoms with Crippen LogP contribution >= 0.6 is 0 Å². The topological polar surface area (TPSA) is 49.3 Å². The number of amides is 1. The van der Waals surface area contributed by atoms with Crippen LogP contribution in [-0.4, -0.2) is 24.2 Å². The van der Waals surface area contributed by atoms with Crippen LogP contribution in [0.2, 0.25) is 0 Å². The Balaban J connectivity index is 2.06. The Kier molecular flexibility index (Phi) is 5.67. The highest BCUT2D eigenvalue weighted by molar-refractivity contribution is 5.95. The molecular formula is C18H20FNO2. The first-order valence-corrected chi connectivity index (χ1v) is 7.32. The van der Waals surface area contributed by atoms with E-state index in [9.17, 15) is 14.3 Å².